The molecule has 0 radical (unpaired) electrons. The molecule has 0 aliphatic rings. The second-order valence-electron chi connectivity index (χ2n) is 3.85. The first kappa shape index (κ1) is 13.6. The van der Waals surface area contributed by atoms with Crippen LogP contribution >= 0.6 is 23.2 Å². The van der Waals surface area contributed by atoms with Crippen LogP contribution in [-0.2, 0) is 6.54 Å². The van der Waals surface area contributed by atoms with Gasteiger partial charge in [-0.1, -0.05) is 35.8 Å². The first-order valence-corrected chi connectivity index (χ1v) is 6.17. The minimum Gasteiger partial charge on any atom is -0.277 e. The number of hydrogen-bond acceptors (Lipinski definition) is 2. The lowest BCUT2D eigenvalue weighted by molar-refractivity contribution is 0.677. The number of nitrogens with zero attached hydrogens (tertiary/aromatic N) is 2. The molecule has 1 aromatic heterocycles. The largest absolute Gasteiger partial charge is 0.335 e. The number of benzene rings is 1. The van der Waals surface area contributed by atoms with E-state index in [-0.39, 0.29) is 6.54 Å². The van der Waals surface area contributed by atoms with Gasteiger partial charge in [0, 0.05) is 28.5 Å². The van der Waals surface area contributed by atoms with Crippen molar-refractivity contribution in [1.82, 2.24) is 9.13 Å². The Morgan fingerprint density at radius 1 is 1.21 bits per heavy atom. The second kappa shape index (κ2) is 5.47. The van der Waals surface area contributed by atoms with E-state index in [4.69, 9.17) is 23.2 Å². The van der Waals surface area contributed by atoms with Gasteiger partial charge in [0.25, 0.3) is 5.56 Å². The minimum absolute atomic E-state index is 0.0857. The Morgan fingerprint density at radius 2 is 1.95 bits per heavy atom. The zero-order valence-corrected chi connectivity index (χ0v) is 11.4. The van der Waals surface area contributed by atoms with E-state index in [9.17, 15) is 9.59 Å². The third-order valence-corrected chi connectivity index (χ3v) is 3.22. The van der Waals surface area contributed by atoms with E-state index in [2.05, 4.69) is 6.58 Å². The average molecular weight is 297 g/mol. The van der Waals surface area contributed by atoms with Crippen molar-refractivity contribution in [1.29, 1.82) is 0 Å². The van der Waals surface area contributed by atoms with Crippen molar-refractivity contribution in [3.8, 4) is 0 Å². The molecule has 0 N–H and O–H groups in total. The summed E-state index contributed by atoms with van der Waals surface area (Å²) in [5.41, 5.74) is -0.213. The Kier molecular flexibility index (Phi) is 3.93. The topological polar surface area (TPSA) is 44.0 Å². The van der Waals surface area contributed by atoms with Crippen LogP contribution in [-0.4, -0.2) is 9.13 Å². The highest BCUT2D eigenvalue weighted by Gasteiger charge is 2.07. The van der Waals surface area contributed by atoms with Crippen LogP contribution in [0.25, 0.3) is 6.20 Å². The molecule has 0 unspecified atom stereocenters. The monoisotopic (exact) mass is 296 g/mol. The summed E-state index contributed by atoms with van der Waals surface area (Å²) in [6.07, 6.45) is 2.71. The third kappa shape index (κ3) is 2.80. The van der Waals surface area contributed by atoms with Crippen LogP contribution in [0.4, 0.5) is 0 Å². The van der Waals surface area contributed by atoms with Gasteiger partial charge in [-0.25, -0.2) is 4.79 Å². The van der Waals surface area contributed by atoms with Crippen LogP contribution < -0.4 is 11.2 Å². The Balaban J connectivity index is 2.52. The quantitative estimate of drug-likeness (QED) is 0.873. The van der Waals surface area contributed by atoms with Crippen LogP contribution in [0.3, 0.4) is 0 Å². The molecular weight excluding hydrogens is 287 g/mol. The first-order valence-electron chi connectivity index (χ1n) is 5.41. The molecule has 0 fully saturated rings. The fourth-order valence-corrected chi connectivity index (χ4v) is 2.10. The van der Waals surface area contributed by atoms with Crippen molar-refractivity contribution in [2.45, 2.75) is 6.54 Å². The molecule has 1 aromatic carbocycles. The molecule has 0 saturated heterocycles. The third-order valence-electron chi connectivity index (χ3n) is 2.64. The molecule has 0 amide bonds. The van der Waals surface area contributed by atoms with E-state index in [0.717, 1.165) is 4.57 Å². The van der Waals surface area contributed by atoms with Crippen molar-refractivity contribution in [2.75, 3.05) is 0 Å². The maximum atomic E-state index is 12.0. The Labute approximate surface area is 119 Å². The van der Waals surface area contributed by atoms with Gasteiger partial charge in [0.1, 0.15) is 0 Å². The summed E-state index contributed by atoms with van der Waals surface area (Å²) in [4.78, 5) is 23.7. The smallest absolute Gasteiger partial charge is 0.277 e. The summed E-state index contributed by atoms with van der Waals surface area (Å²) in [5, 5.41) is 0.908. The van der Waals surface area contributed by atoms with Gasteiger partial charge in [-0.2, -0.15) is 0 Å². The molecule has 0 spiro atoms. The van der Waals surface area contributed by atoms with Crippen molar-refractivity contribution in [3.05, 3.63) is 73.5 Å². The zero-order valence-electron chi connectivity index (χ0n) is 9.85. The summed E-state index contributed by atoms with van der Waals surface area (Å²) in [7, 11) is 0. The van der Waals surface area contributed by atoms with Crippen LogP contribution in [0.1, 0.15) is 5.56 Å². The van der Waals surface area contributed by atoms with E-state index in [1.54, 1.807) is 18.2 Å². The summed E-state index contributed by atoms with van der Waals surface area (Å²) in [5.74, 6) is 0. The summed E-state index contributed by atoms with van der Waals surface area (Å²) >= 11 is 11.8. The maximum Gasteiger partial charge on any atom is 0.335 e. The van der Waals surface area contributed by atoms with E-state index >= 15 is 0 Å². The molecule has 2 aromatic rings. The fraction of sp³-hybridized carbons (Fsp3) is 0.0769. The molecule has 0 atom stereocenters. The Hall–Kier alpha value is -1.78. The molecule has 0 bridgehead atoms. The molecule has 4 nitrogen and oxygen atoms in total. The fourth-order valence-electron chi connectivity index (χ4n) is 1.64. The van der Waals surface area contributed by atoms with Gasteiger partial charge >= 0.3 is 5.69 Å². The molecule has 2 rings (SSSR count). The van der Waals surface area contributed by atoms with Crippen LogP contribution in [0, 0.1) is 0 Å². The van der Waals surface area contributed by atoms with Gasteiger partial charge in [-0.05, 0) is 17.7 Å². The number of rotatable bonds is 3. The predicted octanol–water partition coefficient (Wildman–Crippen LogP) is 2.47. The molecule has 6 heteroatoms. The van der Waals surface area contributed by atoms with Crippen molar-refractivity contribution >= 4 is 29.4 Å². The van der Waals surface area contributed by atoms with Gasteiger partial charge in [-0.15, -0.1) is 0 Å². The van der Waals surface area contributed by atoms with Crippen LogP contribution in [0.15, 0.2) is 46.6 Å². The molecule has 98 valence electrons. The van der Waals surface area contributed by atoms with E-state index < -0.39 is 11.2 Å². The lowest BCUT2D eigenvalue weighted by Gasteiger charge is -2.08. The standard InChI is InChI=1S/C13H10Cl2N2O2/c1-2-16-6-5-12(18)17(13(16)19)8-9-3-4-10(14)7-11(9)15/h2-7H,1,8H2. The highest BCUT2D eigenvalue weighted by atomic mass is 35.5. The van der Waals surface area contributed by atoms with Gasteiger partial charge in [0.05, 0.1) is 6.54 Å². The zero-order chi connectivity index (χ0) is 14.0. The highest BCUT2D eigenvalue weighted by molar-refractivity contribution is 6.35. The molecule has 0 saturated carbocycles. The summed E-state index contributed by atoms with van der Waals surface area (Å²) < 4.78 is 2.31. The van der Waals surface area contributed by atoms with Crippen molar-refractivity contribution < 1.29 is 0 Å². The van der Waals surface area contributed by atoms with Crippen molar-refractivity contribution in [2.24, 2.45) is 0 Å². The van der Waals surface area contributed by atoms with Gasteiger partial charge < -0.3 is 0 Å². The number of hydrogen-bond donors (Lipinski definition) is 0. The Bertz CT molecular complexity index is 747. The van der Waals surface area contributed by atoms with E-state index in [0.29, 0.717) is 15.6 Å². The Morgan fingerprint density at radius 3 is 2.58 bits per heavy atom. The van der Waals surface area contributed by atoms with Gasteiger partial charge in [0.15, 0.2) is 0 Å². The average Bonchev–Trinajstić information content (AvgIpc) is 2.37. The molecule has 19 heavy (non-hydrogen) atoms. The molecular formula is C13H10Cl2N2O2. The summed E-state index contributed by atoms with van der Waals surface area (Å²) in [6.45, 7) is 3.59. The normalized spacial score (nSPS) is 10.4. The summed E-state index contributed by atoms with van der Waals surface area (Å²) in [6, 6.07) is 6.20. The van der Waals surface area contributed by atoms with Gasteiger partial charge in [0.2, 0.25) is 0 Å². The van der Waals surface area contributed by atoms with Gasteiger partial charge in [-0.3, -0.25) is 13.9 Å². The lowest BCUT2D eigenvalue weighted by atomic mass is 10.2. The molecule has 0 aliphatic heterocycles. The van der Waals surface area contributed by atoms with Crippen molar-refractivity contribution in [3.63, 3.8) is 0 Å². The minimum atomic E-state index is -0.464. The van der Waals surface area contributed by atoms with Crippen LogP contribution in [0.5, 0.6) is 0 Å². The number of halogens is 2. The molecule has 1 heterocycles. The lowest BCUT2D eigenvalue weighted by Crippen LogP contribution is -2.37. The SMILES string of the molecule is C=Cn1ccc(=O)n(Cc2ccc(Cl)cc2Cl)c1=O. The molecule has 0 aliphatic carbocycles. The number of aromatic nitrogens is 2. The van der Waals surface area contributed by atoms with E-state index in [1.165, 1.54) is 23.0 Å². The van der Waals surface area contributed by atoms with E-state index in [1.807, 2.05) is 0 Å². The highest BCUT2D eigenvalue weighted by Crippen LogP contribution is 2.21. The first-order chi connectivity index (χ1) is 9.02. The maximum absolute atomic E-state index is 12.0. The predicted molar refractivity (Wildman–Crippen MR) is 76.9 cm³/mol. The van der Waals surface area contributed by atoms with Crippen LogP contribution in [0.2, 0.25) is 10.0 Å². The second-order valence-corrected chi connectivity index (χ2v) is 4.69.